The maximum Gasteiger partial charge on any atom is 0.0400 e. The predicted molar refractivity (Wildman–Crippen MR) is 88.8 cm³/mol. The van der Waals surface area contributed by atoms with Crippen LogP contribution in [0.1, 0.15) is 22.3 Å². The Hall–Kier alpha value is -1.96. The van der Waals surface area contributed by atoms with E-state index in [9.17, 15) is 0 Å². The Morgan fingerprint density at radius 3 is 2.10 bits per heavy atom. The van der Waals surface area contributed by atoms with Crippen molar-refractivity contribution in [2.75, 3.05) is 23.7 Å². The van der Waals surface area contributed by atoms with Crippen LogP contribution < -0.4 is 10.6 Å². The molecule has 0 amide bonds. The topological polar surface area (TPSA) is 24.1 Å². The minimum atomic E-state index is 0.915. The lowest BCUT2D eigenvalue weighted by molar-refractivity contribution is 1.06. The van der Waals surface area contributed by atoms with Crippen LogP contribution in [0.5, 0.6) is 0 Å². The molecule has 20 heavy (non-hydrogen) atoms. The van der Waals surface area contributed by atoms with Gasteiger partial charge in [-0.25, -0.2) is 0 Å². The molecule has 2 aromatic carbocycles. The highest BCUT2D eigenvalue weighted by atomic mass is 15.0. The zero-order valence-corrected chi connectivity index (χ0v) is 12.9. The molecule has 0 bridgehead atoms. The number of nitrogens with one attached hydrogen (secondary N) is 2. The van der Waals surface area contributed by atoms with Crippen molar-refractivity contribution < 1.29 is 0 Å². The van der Waals surface area contributed by atoms with Crippen LogP contribution in [0.15, 0.2) is 36.4 Å². The summed E-state index contributed by atoms with van der Waals surface area (Å²) in [5, 5.41) is 7.02. The van der Waals surface area contributed by atoms with Crippen LogP contribution in [-0.4, -0.2) is 13.1 Å². The molecule has 2 N–H and O–H groups in total. The first-order valence-electron chi connectivity index (χ1n) is 7.19. The van der Waals surface area contributed by atoms with Crippen LogP contribution in [0.25, 0.3) is 0 Å². The average Bonchev–Trinajstić information content (AvgIpc) is 2.41. The first kappa shape index (κ1) is 14.4. The molecule has 106 valence electrons. The van der Waals surface area contributed by atoms with Gasteiger partial charge in [-0.2, -0.15) is 0 Å². The molecule has 0 aliphatic carbocycles. The second-order valence-corrected chi connectivity index (χ2v) is 5.44. The maximum atomic E-state index is 3.52. The Bertz CT molecular complexity index is 568. The molecule has 0 saturated heterocycles. The van der Waals surface area contributed by atoms with Crippen molar-refractivity contribution in [1.29, 1.82) is 0 Å². The van der Waals surface area contributed by atoms with Gasteiger partial charge in [0.1, 0.15) is 0 Å². The molecule has 0 aliphatic rings. The second kappa shape index (κ2) is 6.47. The number of aryl methyl sites for hydroxylation is 4. The SMILES string of the molecule is Cc1ccc(C)c(NCCNc2c(C)cccc2C)c1. The smallest absolute Gasteiger partial charge is 0.0400 e. The molecule has 0 aliphatic heterocycles. The quantitative estimate of drug-likeness (QED) is 0.783. The van der Waals surface area contributed by atoms with Gasteiger partial charge in [0.05, 0.1) is 0 Å². The van der Waals surface area contributed by atoms with E-state index in [4.69, 9.17) is 0 Å². The van der Waals surface area contributed by atoms with E-state index in [1.165, 1.54) is 33.6 Å². The van der Waals surface area contributed by atoms with Crippen LogP contribution in [-0.2, 0) is 0 Å². The summed E-state index contributed by atoms with van der Waals surface area (Å²) < 4.78 is 0. The molecule has 0 heterocycles. The summed E-state index contributed by atoms with van der Waals surface area (Å²) in [5.41, 5.74) is 7.68. The third-order valence-electron chi connectivity index (χ3n) is 3.62. The summed E-state index contributed by atoms with van der Waals surface area (Å²) >= 11 is 0. The van der Waals surface area contributed by atoms with Crippen LogP contribution in [0.2, 0.25) is 0 Å². The van der Waals surface area contributed by atoms with Gasteiger partial charge < -0.3 is 10.6 Å². The van der Waals surface area contributed by atoms with Gasteiger partial charge in [-0.3, -0.25) is 0 Å². The standard InChI is InChI=1S/C18H24N2/c1-13-8-9-14(2)17(12-13)19-10-11-20-18-15(3)6-5-7-16(18)4/h5-9,12,19-20H,10-11H2,1-4H3. The van der Waals surface area contributed by atoms with E-state index < -0.39 is 0 Å². The molecule has 0 unspecified atom stereocenters. The molecule has 2 nitrogen and oxygen atoms in total. The Morgan fingerprint density at radius 2 is 1.40 bits per heavy atom. The maximum absolute atomic E-state index is 3.52. The highest BCUT2D eigenvalue weighted by Crippen LogP contribution is 2.19. The van der Waals surface area contributed by atoms with Crippen LogP contribution in [0, 0.1) is 27.7 Å². The summed E-state index contributed by atoms with van der Waals surface area (Å²) in [4.78, 5) is 0. The molecule has 0 fully saturated rings. The van der Waals surface area contributed by atoms with Crippen molar-refractivity contribution in [3.8, 4) is 0 Å². The average molecular weight is 268 g/mol. The molecule has 2 rings (SSSR count). The normalized spacial score (nSPS) is 10.4. The fourth-order valence-corrected chi connectivity index (χ4v) is 2.40. The van der Waals surface area contributed by atoms with E-state index in [2.05, 4.69) is 74.7 Å². The van der Waals surface area contributed by atoms with Gasteiger partial charge in [0.25, 0.3) is 0 Å². The Labute approximate surface area is 122 Å². The number of rotatable bonds is 5. The van der Waals surface area contributed by atoms with E-state index >= 15 is 0 Å². The van der Waals surface area contributed by atoms with Crippen molar-refractivity contribution in [2.45, 2.75) is 27.7 Å². The van der Waals surface area contributed by atoms with Crippen molar-refractivity contribution >= 4 is 11.4 Å². The molecule has 2 aromatic rings. The lowest BCUT2D eigenvalue weighted by atomic mass is 10.1. The van der Waals surface area contributed by atoms with Gasteiger partial charge >= 0.3 is 0 Å². The van der Waals surface area contributed by atoms with Crippen LogP contribution in [0.3, 0.4) is 0 Å². The van der Waals surface area contributed by atoms with Gasteiger partial charge in [-0.1, -0.05) is 30.3 Å². The van der Waals surface area contributed by atoms with Crippen LogP contribution in [0.4, 0.5) is 11.4 Å². The number of anilines is 2. The molecule has 0 atom stereocenters. The van der Waals surface area contributed by atoms with Gasteiger partial charge in [-0.15, -0.1) is 0 Å². The second-order valence-electron chi connectivity index (χ2n) is 5.44. The molecule has 0 radical (unpaired) electrons. The van der Waals surface area contributed by atoms with Gasteiger partial charge in [0.15, 0.2) is 0 Å². The largest absolute Gasteiger partial charge is 0.383 e. The van der Waals surface area contributed by atoms with Gasteiger partial charge in [0.2, 0.25) is 0 Å². The zero-order valence-electron chi connectivity index (χ0n) is 12.9. The third kappa shape index (κ3) is 3.53. The minimum absolute atomic E-state index is 0.915. The minimum Gasteiger partial charge on any atom is -0.383 e. The van der Waals surface area contributed by atoms with Crippen LogP contribution >= 0.6 is 0 Å². The number of hydrogen-bond acceptors (Lipinski definition) is 2. The fourth-order valence-electron chi connectivity index (χ4n) is 2.40. The zero-order chi connectivity index (χ0) is 14.5. The molecular formula is C18H24N2. The summed E-state index contributed by atoms with van der Waals surface area (Å²) in [6, 6.07) is 12.9. The first-order chi connectivity index (χ1) is 9.58. The molecule has 2 heteroatoms. The Kier molecular flexibility index (Phi) is 4.67. The molecular weight excluding hydrogens is 244 g/mol. The monoisotopic (exact) mass is 268 g/mol. The van der Waals surface area contributed by atoms with Gasteiger partial charge in [0, 0.05) is 24.5 Å². The van der Waals surface area contributed by atoms with E-state index in [0.29, 0.717) is 0 Å². The summed E-state index contributed by atoms with van der Waals surface area (Å²) in [7, 11) is 0. The number of hydrogen-bond donors (Lipinski definition) is 2. The fraction of sp³-hybridized carbons (Fsp3) is 0.333. The lowest BCUT2D eigenvalue weighted by Crippen LogP contribution is -2.15. The molecule has 0 aromatic heterocycles. The summed E-state index contributed by atoms with van der Waals surface area (Å²) in [6.07, 6.45) is 0. The highest BCUT2D eigenvalue weighted by Gasteiger charge is 2.01. The van der Waals surface area contributed by atoms with Crippen molar-refractivity contribution in [3.63, 3.8) is 0 Å². The first-order valence-corrected chi connectivity index (χ1v) is 7.19. The van der Waals surface area contributed by atoms with E-state index in [-0.39, 0.29) is 0 Å². The van der Waals surface area contributed by atoms with Crippen molar-refractivity contribution in [1.82, 2.24) is 0 Å². The van der Waals surface area contributed by atoms with E-state index in [1.807, 2.05) is 0 Å². The highest BCUT2D eigenvalue weighted by molar-refractivity contribution is 5.57. The Morgan fingerprint density at radius 1 is 0.750 bits per heavy atom. The lowest BCUT2D eigenvalue weighted by Gasteiger charge is -2.14. The van der Waals surface area contributed by atoms with Crippen molar-refractivity contribution in [3.05, 3.63) is 58.7 Å². The summed E-state index contributed by atoms with van der Waals surface area (Å²) in [6.45, 7) is 10.4. The third-order valence-corrected chi connectivity index (χ3v) is 3.62. The summed E-state index contributed by atoms with van der Waals surface area (Å²) in [5.74, 6) is 0. The van der Waals surface area contributed by atoms with E-state index in [0.717, 1.165) is 13.1 Å². The van der Waals surface area contributed by atoms with Crippen molar-refractivity contribution in [2.24, 2.45) is 0 Å². The van der Waals surface area contributed by atoms with Gasteiger partial charge in [-0.05, 0) is 56.0 Å². The molecule has 0 spiro atoms. The molecule has 0 saturated carbocycles. The number of benzene rings is 2. The Balaban J connectivity index is 1.89. The predicted octanol–water partition coefficient (Wildman–Crippen LogP) is 4.44. The number of para-hydroxylation sites is 1. The van der Waals surface area contributed by atoms with E-state index in [1.54, 1.807) is 0 Å².